The fourth-order valence-corrected chi connectivity index (χ4v) is 5.24. The summed E-state index contributed by atoms with van der Waals surface area (Å²) in [5, 5.41) is 10.8. The summed E-state index contributed by atoms with van der Waals surface area (Å²) in [7, 11) is 1.60. The fraction of sp³-hybridized carbons (Fsp3) is 0.343. The number of nitrogens with zero attached hydrogens (tertiary/aromatic N) is 3. The van der Waals surface area contributed by atoms with Crippen molar-refractivity contribution < 1.29 is 19.1 Å². The van der Waals surface area contributed by atoms with Gasteiger partial charge in [0.25, 0.3) is 0 Å². The largest absolute Gasteiger partial charge is 0.497 e. The van der Waals surface area contributed by atoms with Gasteiger partial charge in [0.05, 0.1) is 18.5 Å². The van der Waals surface area contributed by atoms with E-state index in [9.17, 15) is 9.59 Å². The van der Waals surface area contributed by atoms with Crippen molar-refractivity contribution in [3.63, 3.8) is 0 Å². The van der Waals surface area contributed by atoms with Gasteiger partial charge in [-0.15, -0.1) is 0 Å². The SMILES string of the molecule is COc1ccc(OC(=O)N2CCC(Cc3cccc(NC(=O)Nc4cc(C(C)(C)C)nn4-c4ccc(C)cc4)c3)CC2)cc1. The molecule has 1 fully saturated rings. The van der Waals surface area contributed by atoms with Crippen LogP contribution >= 0.6 is 0 Å². The molecule has 44 heavy (non-hydrogen) atoms. The predicted molar refractivity (Wildman–Crippen MR) is 173 cm³/mol. The highest BCUT2D eigenvalue weighted by molar-refractivity contribution is 5.99. The second-order valence-corrected chi connectivity index (χ2v) is 12.4. The second-order valence-electron chi connectivity index (χ2n) is 12.4. The van der Waals surface area contributed by atoms with E-state index in [1.165, 1.54) is 0 Å². The number of aromatic nitrogens is 2. The number of carbonyl (C=O) groups excluding carboxylic acids is 2. The van der Waals surface area contributed by atoms with Gasteiger partial charge in [0, 0.05) is 30.3 Å². The van der Waals surface area contributed by atoms with E-state index >= 15 is 0 Å². The number of aryl methyl sites for hydroxylation is 1. The third-order valence-electron chi connectivity index (χ3n) is 7.84. The highest BCUT2D eigenvalue weighted by Gasteiger charge is 2.25. The van der Waals surface area contributed by atoms with Crippen molar-refractivity contribution >= 4 is 23.6 Å². The number of hydrogen-bond donors (Lipinski definition) is 2. The maximum atomic E-state index is 13.1. The summed E-state index contributed by atoms with van der Waals surface area (Å²) in [6, 6.07) is 24.6. The molecule has 2 N–H and O–H groups in total. The number of benzene rings is 3. The smallest absolute Gasteiger partial charge is 0.415 e. The molecule has 0 atom stereocenters. The van der Waals surface area contributed by atoms with Gasteiger partial charge in [0.15, 0.2) is 0 Å². The first kappa shape index (κ1) is 30.7. The standard InChI is InChI=1S/C35H41N5O4/c1-24-9-11-28(12-10-24)40-32(23-31(38-40)35(2,3)4)37-33(41)36-27-8-6-7-26(22-27)21-25-17-19-39(20-18-25)34(42)44-30-15-13-29(43-5)14-16-30/h6-16,22-23,25H,17-21H2,1-5H3,(H2,36,37,41). The molecule has 4 aromatic rings. The lowest BCUT2D eigenvalue weighted by Crippen LogP contribution is -2.40. The van der Waals surface area contributed by atoms with E-state index in [1.807, 2.05) is 55.5 Å². The average molecular weight is 596 g/mol. The number of rotatable bonds is 7. The molecular weight excluding hydrogens is 554 g/mol. The van der Waals surface area contributed by atoms with E-state index in [2.05, 4.69) is 37.5 Å². The number of nitrogens with one attached hydrogen (secondary N) is 2. The van der Waals surface area contributed by atoms with E-state index in [0.717, 1.165) is 47.5 Å². The number of ether oxygens (including phenoxy) is 2. The molecule has 230 valence electrons. The first-order chi connectivity index (χ1) is 21.1. The first-order valence-corrected chi connectivity index (χ1v) is 15.0. The molecule has 1 aliphatic rings. The Hall–Kier alpha value is -4.79. The molecule has 1 aliphatic heterocycles. The van der Waals surface area contributed by atoms with Crippen LogP contribution in [0.5, 0.6) is 11.5 Å². The van der Waals surface area contributed by atoms with Crippen LogP contribution in [0.1, 0.15) is 50.4 Å². The maximum absolute atomic E-state index is 13.1. The van der Waals surface area contributed by atoms with E-state index in [0.29, 0.717) is 36.3 Å². The van der Waals surface area contributed by atoms with Gasteiger partial charge < -0.3 is 19.7 Å². The molecule has 3 amide bonds. The number of urea groups is 1. The number of amides is 3. The predicted octanol–water partition coefficient (Wildman–Crippen LogP) is 7.58. The summed E-state index contributed by atoms with van der Waals surface area (Å²) in [4.78, 5) is 27.5. The highest BCUT2D eigenvalue weighted by atomic mass is 16.6. The molecule has 1 aromatic heterocycles. The third kappa shape index (κ3) is 7.78. The summed E-state index contributed by atoms with van der Waals surface area (Å²) >= 11 is 0. The van der Waals surface area contributed by atoms with E-state index in [-0.39, 0.29) is 17.5 Å². The quantitative estimate of drug-likeness (QED) is 0.230. The molecule has 0 radical (unpaired) electrons. The van der Waals surface area contributed by atoms with Crippen LogP contribution in [0.15, 0.2) is 78.9 Å². The van der Waals surface area contributed by atoms with Crippen molar-refractivity contribution in [2.24, 2.45) is 5.92 Å². The van der Waals surface area contributed by atoms with Crippen LogP contribution in [0.4, 0.5) is 21.1 Å². The Morgan fingerprint density at radius 1 is 0.909 bits per heavy atom. The van der Waals surface area contributed by atoms with Crippen LogP contribution in [-0.4, -0.2) is 47.0 Å². The van der Waals surface area contributed by atoms with E-state index in [4.69, 9.17) is 14.6 Å². The second kappa shape index (κ2) is 13.2. The van der Waals surface area contributed by atoms with Crippen LogP contribution in [0, 0.1) is 12.8 Å². The van der Waals surface area contributed by atoms with Crippen molar-refractivity contribution in [3.8, 4) is 17.2 Å². The highest BCUT2D eigenvalue weighted by Crippen LogP contribution is 2.28. The molecule has 3 aromatic carbocycles. The molecule has 9 nitrogen and oxygen atoms in total. The Morgan fingerprint density at radius 2 is 1.59 bits per heavy atom. The van der Waals surface area contributed by atoms with Crippen molar-refractivity contribution in [2.75, 3.05) is 30.8 Å². The lowest BCUT2D eigenvalue weighted by molar-refractivity contribution is 0.131. The van der Waals surface area contributed by atoms with Gasteiger partial charge in [-0.2, -0.15) is 5.10 Å². The molecule has 0 bridgehead atoms. The van der Waals surface area contributed by atoms with Crippen molar-refractivity contribution in [1.82, 2.24) is 14.7 Å². The minimum Gasteiger partial charge on any atom is -0.497 e. The van der Waals surface area contributed by atoms with Gasteiger partial charge in [0.2, 0.25) is 0 Å². The molecule has 1 saturated heterocycles. The van der Waals surface area contributed by atoms with Crippen LogP contribution in [0.25, 0.3) is 5.69 Å². The number of anilines is 2. The molecule has 5 rings (SSSR count). The Balaban J connectivity index is 1.16. The molecule has 2 heterocycles. The van der Waals surface area contributed by atoms with Gasteiger partial charge >= 0.3 is 12.1 Å². The van der Waals surface area contributed by atoms with Crippen LogP contribution in [0.3, 0.4) is 0 Å². The average Bonchev–Trinajstić information content (AvgIpc) is 3.43. The summed E-state index contributed by atoms with van der Waals surface area (Å²) < 4.78 is 12.5. The lowest BCUT2D eigenvalue weighted by Gasteiger charge is -2.31. The van der Waals surface area contributed by atoms with Crippen LogP contribution < -0.4 is 20.1 Å². The molecule has 0 saturated carbocycles. The minimum atomic E-state index is -0.334. The normalized spacial score (nSPS) is 13.8. The fourth-order valence-electron chi connectivity index (χ4n) is 5.24. The third-order valence-corrected chi connectivity index (χ3v) is 7.84. The summed E-state index contributed by atoms with van der Waals surface area (Å²) in [6.45, 7) is 9.63. The summed E-state index contributed by atoms with van der Waals surface area (Å²) in [6.07, 6.45) is 2.31. The zero-order valence-corrected chi connectivity index (χ0v) is 26.1. The Labute approximate surface area is 259 Å². The number of hydrogen-bond acceptors (Lipinski definition) is 5. The lowest BCUT2D eigenvalue weighted by atomic mass is 9.90. The van der Waals surface area contributed by atoms with Crippen LogP contribution in [0.2, 0.25) is 0 Å². The van der Waals surface area contributed by atoms with Gasteiger partial charge in [0.1, 0.15) is 17.3 Å². The molecule has 0 unspecified atom stereocenters. The number of piperidine rings is 1. The van der Waals surface area contributed by atoms with E-state index < -0.39 is 0 Å². The molecular formula is C35H41N5O4. The Kier molecular flexibility index (Phi) is 9.23. The number of methoxy groups -OCH3 is 1. The molecule has 0 aliphatic carbocycles. The monoisotopic (exact) mass is 595 g/mol. The Bertz CT molecular complexity index is 1580. The first-order valence-electron chi connectivity index (χ1n) is 15.0. The van der Waals surface area contributed by atoms with Gasteiger partial charge in [-0.1, -0.05) is 50.6 Å². The van der Waals surface area contributed by atoms with E-state index in [1.54, 1.807) is 41.0 Å². The number of likely N-dealkylation sites (tertiary alicyclic amines) is 1. The van der Waals surface area contributed by atoms with Gasteiger partial charge in [-0.3, -0.25) is 5.32 Å². The number of carbonyl (C=O) groups is 2. The van der Waals surface area contributed by atoms with Crippen LogP contribution in [-0.2, 0) is 11.8 Å². The summed E-state index contributed by atoms with van der Waals surface area (Å²) in [5.74, 6) is 2.25. The minimum absolute atomic E-state index is 0.176. The van der Waals surface area contributed by atoms with Gasteiger partial charge in [-0.25, -0.2) is 14.3 Å². The van der Waals surface area contributed by atoms with Crippen molar-refractivity contribution in [2.45, 2.75) is 52.4 Å². The maximum Gasteiger partial charge on any atom is 0.415 e. The molecule has 9 heteroatoms. The molecule has 0 spiro atoms. The summed E-state index contributed by atoms with van der Waals surface area (Å²) in [5.41, 5.74) is 4.60. The zero-order valence-electron chi connectivity index (χ0n) is 26.1. The van der Waals surface area contributed by atoms with Gasteiger partial charge in [-0.05, 0) is 86.2 Å². The van der Waals surface area contributed by atoms with Crippen molar-refractivity contribution in [3.05, 3.63) is 95.7 Å². The zero-order chi connectivity index (χ0) is 31.3. The van der Waals surface area contributed by atoms with Crippen molar-refractivity contribution in [1.29, 1.82) is 0 Å². The Morgan fingerprint density at radius 3 is 2.25 bits per heavy atom. The topological polar surface area (TPSA) is 97.7 Å².